The summed E-state index contributed by atoms with van der Waals surface area (Å²) in [6, 6.07) is 13.9. The van der Waals surface area contributed by atoms with Gasteiger partial charge in [-0.1, -0.05) is 29.8 Å². The molecular formula is C18H19ClN6. The first-order valence-electron chi connectivity index (χ1n) is 8.34. The van der Waals surface area contributed by atoms with Crippen LogP contribution in [0.5, 0.6) is 0 Å². The molecule has 0 spiro atoms. The first-order chi connectivity index (χ1) is 12.3. The number of halogens is 1. The van der Waals surface area contributed by atoms with E-state index < -0.39 is 0 Å². The number of anilines is 1. The Balaban J connectivity index is 1.36. The van der Waals surface area contributed by atoms with Crippen LogP contribution in [0.1, 0.15) is 5.56 Å². The third kappa shape index (κ3) is 3.65. The molecule has 4 rings (SSSR count). The summed E-state index contributed by atoms with van der Waals surface area (Å²) in [5.74, 6) is 1.64. The molecule has 25 heavy (non-hydrogen) atoms. The molecule has 3 aromatic rings. The van der Waals surface area contributed by atoms with Crippen LogP contribution in [0, 0.1) is 0 Å². The molecule has 6 nitrogen and oxygen atoms in total. The van der Waals surface area contributed by atoms with Crippen LogP contribution in [0.25, 0.3) is 5.82 Å². The lowest BCUT2D eigenvalue weighted by atomic mass is 10.2. The van der Waals surface area contributed by atoms with Crippen molar-refractivity contribution in [1.29, 1.82) is 0 Å². The molecule has 1 saturated heterocycles. The van der Waals surface area contributed by atoms with Crippen molar-refractivity contribution in [3.8, 4) is 5.82 Å². The molecule has 0 amide bonds. The second-order valence-corrected chi connectivity index (χ2v) is 6.46. The lowest BCUT2D eigenvalue weighted by Crippen LogP contribution is -2.46. The van der Waals surface area contributed by atoms with E-state index in [1.807, 2.05) is 42.6 Å². The summed E-state index contributed by atoms with van der Waals surface area (Å²) in [7, 11) is 0. The summed E-state index contributed by atoms with van der Waals surface area (Å²) >= 11 is 6.26. The standard InChI is InChI=1S/C18H19ClN6/c19-16-5-2-1-4-15(16)14-23-10-12-24(13-11-23)17-6-7-18(22-21-17)25-9-3-8-20-25/h1-9H,10-14H2. The monoisotopic (exact) mass is 354 g/mol. The highest BCUT2D eigenvalue weighted by Crippen LogP contribution is 2.19. The van der Waals surface area contributed by atoms with Crippen molar-refractivity contribution in [2.24, 2.45) is 0 Å². The number of hydrogen-bond acceptors (Lipinski definition) is 5. The first kappa shape index (κ1) is 16.1. The minimum Gasteiger partial charge on any atom is -0.353 e. The number of benzene rings is 1. The number of piperazine rings is 1. The van der Waals surface area contributed by atoms with Gasteiger partial charge in [0.05, 0.1) is 0 Å². The fourth-order valence-corrected chi connectivity index (χ4v) is 3.21. The smallest absolute Gasteiger partial charge is 0.175 e. The van der Waals surface area contributed by atoms with E-state index in [9.17, 15) is 0 Å². The largest absolute Gasteiger partial charge is 0.353 e. The number of nitrogens with zero attached hydrogens (tertiary/aromatic N) is 6. The van der Waals surface area contributed by atoms with E-state index >= 15 is 0 Å². The average Bonchev–Trinajstić information content (AvgIpc) is 3.19. The van der Waals surface area contributed by atoms with E-state index in [1.165, 1.54) is 5.56 Å². The maximum atomic E-state index is 6.26. The van der Waals surface area contributed by atoms with Crippen molar-refractivity contribution in [2.45, 2.75) is 6.54 Å². The topological polar surface area (TPSA) is 50.1 Å². The Kier molecular flexibility index (Phi) is 4.63. The van der Waals surface area contributed by atoms with Gasteiger partial charge in [0.2, 0.25) is 0 Å². The van der Waals surface area contributed by atoms with Gasteiger partial charge in [-0.15, -0.1) is 10.2 Å². The van der Waals surface area contributed by atoms with Crippen LogP contribution < -0.4 is 4.90 Å². The maximum absolute atomic E-state index is 6.26. The SMILES string of the molecule is Clc1ccccc1CN1CCN(c2ccc(-n3cccn3)nn2)CC1. The highest BCUT2D eigenvalue weighted by atomic mass is 35.5. The summed E-state index contributed by atoms with van der Waals surface area (Å²) in [5, 5.41) is 13.6. The molecule has 1 aliphatic rings. The second kappa shape index (κ2) is 7.21. The summed E-state index contributed by atoms with van der Waals surface area (Å²) in [6.45, 7) is 4.71. The van der Waals surface area contributed by atoms with Gasteiger partial charge in [-0.2, -0.15) is 5.10 Å². The van der Waals surface area contributed by atoms with Crippen LogP contribution in [-0.4, -0.2) is 51.1 Å². The van der Waals surface area contributed by atoms with Crippen LogP contribution in [0.3, 0.4) is 0 Å². The van der Waals surface area contributed by atoms with Gasteiger partial charge in [-0.3, -0.25) is 4.90 Å². The molecule has 1 fully saturated rings. The van der Waals surface area contributed by atoms with Gasteiger partial charge in [-0.25, -0.2) is 4.68 Å². The van der Waals surface area contributed by atoms with E-state index in [1.54, 1.807) is 10.9 Å². The minimum absolute atomic E-state index is 0.728. The normalized spacial score (nSPS) is 15.5. The highest BCUT2D eigenvalue weighted by Gasteiger charge is 2.19. The molecule has 1 aliphatic heterocycles. The molecule has 128 valence electrons. The molecule has 2 aromatic heterocycles. The third-order valence-corrected chi connectivity index (χ3v) is 4.79. The van der Waals surface area contributed by atoms with Gasteiger partial charge in [0.15, 0.2) is 11.6 Å². The predicted octanol–water partition coefficient (Wildman–Crippen LogP) is 2.64. The zero-order chi connectivity index (χ0) is 17.1. The molecule has 0 saturated carbocycles. The van der Waals surface area contributed by atoms with Gasteiger partial charge in [0.25, 0.3) is 0 Å². The zero-order valence-electron chi connectivity index (χ0n) is 13.8. The van der Waals surface area contributed by atoms with Gasteiger partial charge in [-0.05, 0) is 29.8 Å². The number of rotatable bonds is 4. The average molecular weight is 355 g/mol. The molecule has 7 heteroatoms. The fourth-order valence-electron chi connectivity index (χ4n) is 3.02. The Morgan fingerprint density at radius 3 is 2.32 bits per heavy atom. The second-order valence-electron chi connectivity index (χ2n) is 6.05. The van der Waals surface area contributed by atoms with E-state index in [4.69, 9.17) is 11.6 Å². The Morgan fingerprint density at radius 2 is 1.64 bits per heavy atom. The van der Waals surface area contributed by atoms with E-state index in [-0.39, 0.29) is 0 Å². The molecule has 0 aliphatic carbocycles. The van der Waals surface area contributed by atoms with E-state index in [0.717, 1.165) is 49.4 Å². The van der Waals surface area contributed by atoms with E-state index in [0.29, 0.717) is 0 Å². The molecule has 0 atom stereocenters. The van der Waals surface area contributed by atoms with Gasteiger partial charge in [0.1, 0.15) is 0 Å². The predicted molar refractivity (Wildman–Crippen MR) is 98.1 cm³/mol. The Morgan fingerprint density at radius 1 is 0.880 bits per heavy atom. The molecule has 0 N–H and O–H groups in total. The van der Waals surface area contributed by atoms with Crippen molar-refractivity contribution in [2.75, 3.05) is 31.1 Å². The van der Waals surface area contributed by atoms with Gasteiger partial charge < -0.3 is 4.90 Å². The van der Waals surface area contributed by atoms with Crippen molar-refractivity contribution >= 4 is 17.4 Å². The Labute approximate surface area is 151 Å². The quantitative estimate of drug-likeness (QED) is 0.721. The lowest BCUT2D eigenvalue weighted by Gasteiger charge is -2.35. The number of aromatic nitrogens is 4. The fraction of sp³-hybridized carbons (Fsp3) is 0.278. The summed E-state index contributed by atoms with van der Waals surface area (Å²) in [4.78, 5) is 4.69. The van der Waals surface area contributed by atoms with E-state index in [2.05, 4.69) is 31.2 Å². The molecular weight excluding hydrogens is 336 g/mol. The minimum atomic E-state index is 0.728. The molecule has 0 radical (unpaired) electrons. The summed E-state index contributed by atoms with van der Waals surface area (Å²) < 4.78 is 1.71. The summed E-state index contributed by atoms with van der Waals surface area (Å²) in [5.41, 5.74) is 1.18. The van der Waals surface area contributed by atoms with Crippen LogP contribution in [0.15, 0.2) is 54.9 Å². The van der Waals surface area contributed by atoms with Gasteiger partial charge in [0, 0.05) is 50.1 Å². The molecule has 1 aromatic carbocycles. The number of hydrogen-bond donors (Lipinski definition) is 0. The molecule has 3 heterocycles. The van der Waals surface area contributed by atoms with Crippen LogP contribution in [0.2, 0.25) is 5.02 Å². The zero-order valence-corrected chi connectivity index (χ0v) is 14.5. The van der Waals surface area contributed by atoms with Crippen molar-refractivity contribution in [3.63, 3.8) is 0 Å². The van der Waals surface area contributed by atoms with Crippen molar-refractivity contribution in [3.05, 3.63) is 65.4 Å². The Bertz CT molecular complexity index is 810. The van der Waals surface area contributed by atoms with Crippen LogP contribution in [-0.2, 0) is 6.54 Å². The highest BCUT2D eigenvalue weighted by molar-refractivity contribution is 6.31. The summed E-state index contributed by atoms with van der Waals surface area (Å²) in [6.07, 6.45) is 3.59. The maximum Gasteiger partial charge on any atom is 0.175 e. The Hall–Kier alpha value is -2.44. The van der Waals surface area contributed by atoms with Crippen molar-refractivity contribution in [1.82, 2.24) is 24.9 Å². The third-order valence-electron chi connectivity index (χ3n) is 4.42. The van der Waals surface area contributed by atoms with Crippen LogP contribution in [0.4, 0.5) is 5.82 Å². The lowest BCUT2D eigenvalue weighted by molar-refractivity contribution is 0.249. The van der Waals surface area contributed by atoms with Gasteiger partial charge >= 0.3 is 0 Å². The molecule has 0 bridgehead atoms. The van der Waals surface area contributed by atoms with Crippen LogP contribution >= 0.6 is 11.6 Å². The first-order valence-corrected chi connectivity index (χ1v) is 8.72. The molecule has 0 unspecified atom stereocenters. The van der Waals surface area contributed by atoms with Crippen molar-refractivity contribution < 1.29 is 0 Å².